The zero-order valence-corrected chi connectivity index (χ0v) is 46.1. The molecule has 8 heteroatoms. The summed E-state index contributed by atoms with van der Waals surface area (Å²) in [6, 6.07) is 12.3. The van der Waals surface area contributed by atoms with Gasteiger partial charge >= 0.3 is 11.9 Å². The molecule has 3 aromatic rings. The number of nitrogens with zero attached hydrogens (tertiary/aromatic N) is 2. The molecule has 376 valence electrons. The highest BCUT2D eigenvalue weighted by atomic mass is 16.5. The molecule has 2 radical (unpaired) electrons. The van der Waals surface area contributed by atoms with Gasteiger partial charge in [0.05, 0.1) is 11.4 Å². The average molecular weight is 935 g/mol. The molecule has 5 rings (SSSR count). The Hall–Kier alpha value is -4.20. The first kappa shape index (κ1) is 54.7. The number of anilines is 2. The summed E-state index contributed by atoms with van der Waals surface area (Å²) in [5.41, 5.74) is 6.70. The number of hydrogen-bond donors (Lipinski definition) is 2. The topological polar surface area (TPSA) is 99.5 Å². The number of esters is 2. The van der Waals surface area contributed by atoms with E-state index in [-0.39, 0.29) is 58.6 Å². The first-order valence-electron chi connectivity index (χ1n) is 25.2. The molecule has 68 heavy (non-hydrogen) atoms. The van der Waals surface area contributed by atoms with Gasteiger partial charge in [0.15, 0.2) is 0 Å². The number of benzene rings is 3. The van der Waals surface area contributed by atoms with Gasteiger partial charge in [-0.3, -0.25) is 9.59 Å². The number of carbonyl (C=O) groups excluding carboxylic acids is 2. The fourth-order valence-corrected chi connectivity index (χ4v) is 11.9. The standard InChI is InChI=1S/C60H90N2O6/c1-37-23-24-38(2)50(62-59(19,20)35-42(36-60(62,21)22)68-48(64)28-26-40-31-45(55(9,10)11)52(66)46(32-40)56(12,13)14)49(37)61-57(15,16)33-41(34-58(61,17)18)67-47(63)27-25-39-29-43(53(3,4)5)51(65)44(30-39)54(6,7)8/h23-24,29-32,41-42,65-66H,1-2,25-28,33-36H2,3-22H3. The van der Waals surface area contributed by atoms with Gasteiger partial charge in [-0.05, 0) is 148 Å². The van der Waals surface area contributed by atoms with Gasteiger partial charge in [-0.1, -0.05) is 119 Å². The van der Waals surface area contributed by atoms with Crippen molar-refractivity contribution in [2.75, 3.05) is 9.80 Å². The highest BCUT2D eigenvalue weighted by Crippen LogP contribution is 2.54. The molecular weight excluding hydrogens is 845 g/mol. The molecule has 0 atom stereocenters. The van der Waals surface area contributed by atoms with Crippen molar-refractivity contribution in [3.8, 4) is 11.5 Å². The monoisotopic (exact) mass is 935 g/mol. The molecule has 2 aliphatic heterocycles. The van der Waals surface area contributed by atoms with Gasteiger partial charge in [-0.15, -0.1) is 0 Å². The highest BCUT2D eigenvalue weighted by Gasteiger charge is 2.52. The van der Waals surface area contributed by atoms with Crippen molar-refractivity contribution in [3.05, 3.63) is 94.8 Å². The van der Waals surface area contributed by atoms with Crippen molar-refractivity contribution in [1.82, 2.24) is 0 Å². The van der Waals surface area contributed by atoms with Crippen LogP contribution >= 0.6 is 0 Å². The summed E-state index contributed by atoms with van der Waals surface area (Å²) in [6.07, 6.45) is 3.52. The molecule has 0 bridgehead atoms. The van der Waals surface area contributed by atoms with E-state index in [2.05, 4.69) is 199 Å². The van der Waals surface area contributed by atoms with E-state index in [1.807, 2.05) is 0 Å². The van der Waals surface area contributed by atoms with Crippen LogP contribution in [0.15, 0.2) is 36.4 Å². The first-order chi connectivity index (χ1) is 30.7. The van der Waals surface area contributed by atoms with Crippen LogP contribution in [0.1, 0.15) is 222 Å². The summed E-state index contributed by atoms with van der Waals surface area (Å²) >= 11 is 0. The van der Waals surface area contributed by atoms with E-state index in [1.165, 1.54) is 0 Å². The SMILES string of the molecule is [CH2]c1ccc([CH2])c(N2C(C)(C)CC(OC(=O)CCc3cc(C(C)(C)C)c(O)c(C(C)(C)C)c3)CC2(C)C)c1N1C(C)(C)CC(OC(=O)CCc2cc(C(C)(C)C)c(O)c(C(C)(C)C)c2)CC1(C)C. The lowest BCUT2D eigenvalue weighted by Crippen LogP contribution is -2.65. The Morgan fingerprint density at radius 2 is 0.750 bits per heavy atom. The van der Waals surface area contributed by atoms with Crippen LogP contribution in [0.5, 0.6) is 11.5 Å². The minimum absolute atomic E-state index is 0.215. The Morgan fingerprint density at radius 1 is 0.515 bits per heavy atom. The lowest BCUT2D eigenvalue weighted by Gasteiger charge is -2.61. The Labute approximate surface area is 413 Å². The zero-order chi connectivity index (χ0) is 51.7. The van der Waals surface area contributed by atoms with Crippen molar-refractivity contribution in [3.63, 3.8) is 0 Å². The quantitative estimate of drug-likeness (QED) is 0.194. The summed E-state index contributed by atoms with van der Waals surface area (Å²) in [5.74, 6) is 0.249. The first-order valence-corrected chi connectivity index (χ1v) is 25.2. The molecule has 2 heterocycles. The third-order valence-corrected chi connectivity index (χ3v) is 14.5. The molecule has 0 aromatic heterocycles. The Kier molecular flexibility index (Phi) is 14.9. The van der Waals surface area contributed by atoms with Gasteiger partial charge < -0.3 is 29.5 Å². The fourth-order valence-electron chi connectivity index (χ4n) is 11.9. The van der Waals surface area contributed by atoms with Crippen LogP contribution in [0.4, 0.5) is 11.4 Å². The lowest BCUT2D eigenvalue weighted by atomic mass is 9.75. The van der Waals surface area contributed by atoms with Crippen molar-refractivity contribution >= 4 is 23.3 Å². The van der Waals surface area contributed by atoms with E-state index in [9.17, 15) is 19.8 Å². The predicted octanol–water partition coefficient (Wildman–Crippen LogP) is 14.1. The summed E-state index contributed by atoms with van der Waals surface area (Å²) in [6.45, 7) is 52.4. The van der Waals surface area contributed by atoms with Crippen molar-refractivity contribution in [1.29, 1.82) is 0 Å². The number of phenols is 2. The number of carbonyl (C=O) groups is 2. The number of piperidine rings is 2. The van der Waals surface area contributed by atoms with Crippen LogP contribution in [-0.4, -0.2) is 56.5 Å². The van der Waals surface area contributed by atoms with Crippen LogP contribution < -0.4 is 9.80 Å². The van der Waals surface area contributed by atoms with Crippen molar-refractivity contribution in [2.24, 2.45) is 0 Å². The van der Waals surface area contributed by atoms with Crippen molar-refractivity contribution < 1.29 is 29.3 Å². The largest absolute Gasteiger partial charge is 0.507 e. The molecule has 3 aromatic carbocycles. The van der Waals surface area contributed by atoms with Crippen LogP contribution in [-0.2, 0) is 53.6 Å². The maximum atomic E-state index is 13.7. The van der Waals surface area contributed by atoms with E-state index in [0.29, 0.717) is 50.0 Å². The Balaban J connectivity index is 1.35. The number of aryl methyl sites for hydroxylation is 2. The molecular formula is C60H90N2O6. The van der Waals surface area contributed by atoms with Crippen LogP contribution in [0.25, 0.3) is 0 Å². The molecule has 0 saturated carbocycles. The molecule has 8 nitrogen and oxygen atoms in total. The van der Waals surface area contributed by atoms with Gasteiger partial charge in [0.2, 0.25) is 0 Å². The summed E-state index contributed by atoms with van der Waals surface area (Å²) < 4.78 is 12.8. The zero-order valence-electron chi connectivity index (χ0n) is 46.1. The van der Waals surface area contributed by atoms with E-state index < -0.39 is 22.2 Å². The molecule has 0 aliphatic carbocycles. The number of aromatic hydroxyl groups is 2. The minimum atomic E-state index is -0.442. The highest BCUT2D eigenvalue weighted by molar-refractivity contribution is 5.83. The second kappa shape index (κ2) is 18.5. The van der Waals surface area contributed by atoms with Gasteiger partial charge in [0.25, 0.3) is 0 Å². The van der Waals surface area contributed by atoms with E-state index in [4.69, 9.17) is 9.47 Å². The number of ether oxygens (including phenoxy) is 2. The summed E-state index contributed by atoms with van der Waals surface area (Å²) in [4.78, 5) is 32.5. The third-order valence-electron chi connectivity index (χ3n) is 14.5. The smallest absolute Gasteiger partial charge is 0.306 e. The van der Waals surface area contributed by atoms with Crippen LogP contribution in [0, 0.1) is 13.8 Å². The lowest BCUT2D eigenvalue weighted by molar-refractivity contribution is -0.153. The van der Waals surface area contributed by atoms with Gasteiger partial charge in [-0.25, -0.2) is 0 Å². The second-order valence-electron chi connectivity index (χ2n) is 27.1. The van der Waals surface area contributed by atoms with Gasteiger partial charge in [0, 0.05) is 60.7 Å². The van der Waals surface area contributed by atoms with Crippen molar-refractivity contribution in [2.45, 2.75) is 246 Å². The Morgan fingerprint density at radius 3 is 0.971 bits per heavy atom. The Bertz CT molecular complexity index is 2090. The predicted molar refractivity (Wildman–Crippen MR) is 283 cm³/mol. The normalized spacial score (nSPS) is 19.0. The molecule has 2 N–H and O–H groups in total. The molecule has 2 saturated heterocycles. The van der Waals surface area contributed by atoms with E-state index in [0.717, 1.165) is 55.9 Å². The third kappa shape index (κ3) is 11.9. The van der Waals surface area contributed by atoms with E-state index in [1.54, 1.807) is 0 Å². The fraction of sp³-hybridized carbons (Fsp3) is 0.633. The van der Waals surface area contributed by atoms with Crippen LogP contribution in [0.3, 0.4) is 0 Å². The molecule has 0 amide bonds. The summed E-state index contributed by atoms with van der Waals surface area (Å²) in [5, 5.41) is 22.5. The molecule has 2 aliphatic rings. The molecule has 2 fully saturated rings. The maximum Gasteiger partial charge on any atom is 0.306 e. The number of rotatable bonds is 10. The number of hydrogen-bond acceptors (Lipinski definition) is 8. The van der Waals surface area contributed by atoms with Gasteiger partial charge in [0.1, 0.15) is 23.7 Å². The van der Waals surface area contributed by atoms with Gasteiger partial charge in [-0.2, -0.15) is 0 Å². The van der Waals surface area contributed by atoms with Crippen LogP contribution in [0.2, 0.25) is 0 Å². The average Bonchev–Trinajstić information content (AvgIpc) is 3.12. The van der Waals surface area contributed by atoms with E-state index >= 15 is 0 Å². The maximum absolute atomic E-state index is 13.7. The molecule has 0 spiro atoms. The molecule has 0 unspecified atom stereocenters. The number of phenolic OH excluding ortho intramolecular Hbond substituents is 2. The second-order valence-corrected chi connectivity index (χ2v) is 27.1. The summed E-state index contributed by atoms with van der Waals surface area (Å²) in [7, 11) is 0. The minimum Gasteiger partial charge on any atom is -0.507 e.